The van der Waals surface area contributed by atoms with Gasteiger partial charge >= 0.3 is 0 Å². The largest absolute Gasteiger partial charge is 0.454 e. The quantitative estimate of drug-likeness (QED) is 0.625. The molecule has 1 heterocycles. The van der Waals surface area contributed by atoms with E-state index < -0.39 is 24.5 Å². The Hall–Kier alpha value is -3.39. The Morgan fingerprint density at radius 2 is 1.89 bits per heavy atom. The van der Waals surface area contributed by atoms with Crippen molar-refractivity contribution in [2.45, 2.75) is 12.6 Å². The van der Waals surface area contributed by atoms with E-state index in [9.17, 15) is 19.1 Å². The molecule has 2 amide bonds. The van der Waals surface area contributed by atoms with Crippen molar-refractivity contribution in [3.8, 4) is 11.5 Å². The van der Waals surface area contributed by atoms with Gasteiger partial charge in [0, 0.05) is 12.6 Å². The number of hydrogen-bond acceptors (Lipinski definition) is 5. The van der Waals surface area contributed by atoms with Crippen molar-refractivity contribution in [3.05, 3.63) is 65.5 Å². The summed E-state index contributed by atoms with van der Waals surface area (Å²) in [6.07, 6.45) is 2.82. The standard InChI is InChI=1S/C20H19FN2O5/c21-15-5-1-14(2-6-15)10-22-20(26)16(11-24)23-19(25)8-4-13-3-7-17-18(9-13)28-12-27-17/h1-9,16,24H,10-12H2,(H,22,26)(H,23,25)/t16-/m0/s1. The molecule has 3 rings (SSSR count). The minimum atomic E-state index is -1.10. The molecule has 0 fully saturated rings. The third-order valence-electron chi connectivity index (χ3n) is 4.02. The van der Waals surface area contributed by atoms with Gasteiger partial charge in [0.15, 0.2) is 11.5 Å². The highest BCUT2D eigenvalue weighted by molar-refractivity contribution is 5.95. The fraction of sp³-hybridized carbons (Fsp3) is 0.200. The molecule has 1 aliphatic rings. The molecule has 28 heavy (non-hydrogen) atoms. The van der Waals surface area contributed by atoms with Crippen molar-refractivity contribution in [2.24, 2.45) is 0 Å². The molecule has 0 saturated carbocycles. The Kier molecular flexibility index (Phi) is 6.23. The molecule has 146 valence electrons. The fourth-order valence-corrected chi connectivity index (χ4v) is 2.52. The zero-order valence-electron chi connectivity index (χ0n) is 14.9. The Morgan fingerprint density at radius 1 is 1.14 bits per heavy atom. The molecule has 0 unspecified atom stereocenters. The van der Waals surface area contributed by atoms with E-state index in [1.807, 2.05) is 0 Å². The molecular formula is C20H19FN2O5. The monoisotopic (exact) mass is 386 g/mol. The normalized spacial score (nSPS) is 13.4. The van der Waals surface area contributed by atoms with E-state index in [1.165, 1.54) is 30.3 Å². The van der Waals surface area contributed by atoms with Crippen LogP contribution in [0.4, 0.5) is 4.39 Å². The summed E-state index contributed by atoms with van der Waals surface area (Å²) in [5, 5.41) is 14.4. The number of hydrogen-bond donors (Lipinski definition) is 3. The second-order valence-corrected chi connectivity index (χ2v) is 6.03. The van der Waals surface area contributed by atoms with Gasteiger partial charge in [0.2, 0.25) is 18.6 Å². The first-order valence-electron chi connectivity index (χ1n) is 8.56. The van der Waals surface area contributed by atoms with Gasteiger partial charge in [-0.1, -0.05) is 18.2 Å². The van der Waals surface area contributed by atoms with Gasteiger partial charge in [-0.3, -0.25) is 9.59 Å². The Labute approximate surface area is 160 Å². The molecule has 2 aromatic rings. The summed E-state index contributed by atoms with van der Waals surface area (Å²) in [6, 6.07) is 9.77. The number of amides is 2. The molecule has 0 spiro atoms. The van der Waals surface area contributed by atoms with Crippen LogP contribution in [0.5, 0.6) is 11.5 Å². The first-order chi connectivity index (χ1) is 13.5. The van der Waals surface area contributed by atoms with Crippen molar-refractivity contribution < 1.29 is 28.6 Å². The molecule has 8 heteroatoms. The lowest BCUT2D eigenvalue weighted by Crippen LogP contribution is -2.48. The van der Waals surface area contributed by atoms with E-state index in [-0.39, 0.29) is 19.2 Å². The van der Waals surface area contributed by atoms with Gasteiger partial charge in [-0.15, -0.1) is 0 Å². The van der Waals surface area contributed by atoms with Gasteiger partial charge in [-0.2, -0.15) is 0 Å². The van der Waals surface area contributed by atoms with Gasteiger partial charge in [0.1, 0.15) is 11.9 Å². The van der Waals surface area contributed by atoms with Crippen LogP contribution in [-0.4, -0.2) is 36.4 Å². The third-order valence-corrected chi connectivity index (χ3v) is 4.02. The summed E-state index contributed by atoms with van der Waals surface area (Å²) in [7, 11) is 0. The molecule has 0 aliphatic carbocycles. The lowest BCUT2D eigenvalue weighted by Gasteiger charge is -2.15. The number of carbonyl (C=O) groups is 2. The first-order valence-corrected chi connectivity index (χ1v) is 8.56. The minimum absolute atomic E-state index is 0.151. The number of halogens is 1. The van der Waals surface area contributed by atoms with Crippen molar-refractivity contribution in [1.29, 1.82) is 0 Å². The summed E-state index contributed by atoms with van der Waals surface area (Å²) in [6.45, 7) is -0.244. The van der Waals surface area contributed by atoms with Crippen LogP contribution in [-0.2, 0) is 16.1 Å². The van der Waals surface area contributed by atoms with Gasteiger partial charge in [-0.05, 0) is 41.5 Å². The smallest absolute Gasteiger partial charge is 0.245 e. The van der Waals surface area contributed by atoms with Crippen molar-refractivity contribution in [2.75, 3.05) is 13.4 Å². The number of aliphatic hydroxyl groups is 1. The second-order valence-electron chi connectivity index (χ2n) is 6.03. The van der Waals surface area contributed by atoms with Gasteiger partial charge in [-0.25, -0.2) is 4.39 Å². The van der Waals surface area contributed by atoms with E-state index in [4.69, 9.17) is 9.47 Å². The molecule has 3 N–H and O–H groups in total. The topological polar surface area (TPSA) is 96.9 Å². The number of nitrogens with one attached hydrogen (secondary N) is 2. The number of rotatable bonds is 7. The van der Waals surface area contributed by atoms with E-state index in [1.54, 1.807) is 24.3 Å². The van der Waals surface area contributed by atoms with Gasteiger partial charge in [0.25, 0.3) is 0 Å². The van der Waals surface area contributed by atoms with Crippen LogP contribution in [0, 0.1) is 5.82 Å². The van der Waals surface area contributed by atoms with Crippen LogP contribution in [0.2, 0.25) is 0 Å². The molecular weight excluding hydrogens is 367 g/mol. The van der Waals surface area contributed by atoms with Crippen LogP contribution in [0.15, 0.2) is 48.5 Å². The molecule has 1 atom stereocenters. The van der Waals surface area contributed by atoms with E-state index >= 15 is 0 Å². The molecule has 2 aromatic carbocycles. The fourth-order valence-electron chi connectivity index (χ4n) is 2.52. The van der Waals surface area contributed by atoms with Crippen LogP contribution in [0.3, 0.4) is 0 Å². The Bertz CT molecular complexity index is 883. The van der Waals surface area contributed by atoms with Crippen LogP contribution >= 0.6 is 0 Å². The van der Waals surface area contributed by atoms with Crippen LogP contribution < -0.4 is 20.1 Å². The van der Waals surface area contributed by atoms with Crippen molar-refractivity contribution in [3.63, 3.8) is 0 Å². The van der Waals surface area contributed by atoms with Crippen LogP contribution in [0.25, 0.3) is 6.08 Å². The molecule has 0 bridgehead atoms. The Balaban J connectivity index is 1.52. The molecule has 0 saturated heterocycles. The predicted molar refractivity (Wildman–Crippen MR) is 98.9 cm³/mol. The maximum Gasteiger partial charge on any atom is 0.245 e. The predicted octanol–water partition coefficient (Wildman–Crippen LogP) is 1.36. The number of fused-ring (bicyclic) bond motifs is 1. The lowest BCUT2D eigenvalue weighted by atomic mass is 10.2. The molecule has 0 aromatic heterocycles. The molecule has 7 nitrogen and oxygen atoms in total. The van der Waals surface area contributed by atoms with E-state index in [0.717, 1.165) is 5.56 Å². The summed E-state index contributed by atoms with van der Waals surface area (Å²) >= 11 is 0. The lowest BCUT2D eigenvalue weighted by molar-refractivity contribution is -0.128. The van der Waals surface area contributed by atoms with Crippen molar-refractivity contribution >= 4 is 17.9 Å². The number of ether oxygens (including phenoxy) is 2. The number of benzene rings is 2. The first kappa shape index (κ1) is 19.4. The van der Waals surface area contributed by atoms with Crippen LogP contribution in [0.1, 0.15) is 11.1 Å². The summed E-state index contributed by atoms with van der Waals surface area (Å²) < 4.78 is 23.4. The average Bonchev–Trinajstić information content (AvgIpc) is 3.17. The highest BCUT2D eigenvalue weighted by atomic mass is 19.1. The maximum atomic E-state index is 12.9. The number of carbonyl (C=O) groups excluding carboxylic acids is 2. The SMILES string of the molecule is O=C(C=Cc1ccc2c(c1)OCO2)N[C@@H](CO)C(=O)NCc1ccc(F)cc1. The average molecular weight is 386 g/mol. The van der Waals surface area contributed by atoms with E-state index in [0.29, 0.717) is 17.1 Å². The summed E-state index contributed by atoms with van der Waals surface area (Å²) in [5.41, 5.74) is 1.42. The zero-order valence-corrected chi connectivity index (χ0v) is 14.9. The van der Waals surface area contributed by atoms with Crippen molar-refractivity contribution in [1.82, 2.24) is 10.6 Å². The summed E-state index contributed by atoms with van der Waals surface area (Å²) in [4.78, 5) is 24.2. The van der Waals surface area contributed by atoms with Gasteiger partial charge in [0.05, 0.1) is 6.61 Å². The zero-order chi connectivity index (χ0) is 19.9. The highest BCUT2D eigenvalue weighted by Gasteiger charge is 2.18. The molecule has 0 radical (unpaired) electrons. The van der Waals surface area contributed by atoms with E-state index in [2.05, 4.69) is 10.6 Å². The van der Waals surface area contributed by atoms with Gasteiger partial charge < -0.3 is 25.2 Å². The maximum absolute atomic E-state index is 12.9. The minimum Gasteiger partial charge on any atom is -0.454 e. The highest BCUT2D eigenvalue weighted by Crippen LogP contribution is 2.32. The summed E-state index contributed by atoms with van der Waals surface area (Å²) in [5.74, 6) is -0.217. The third kappa shape index (κ3) is 5.08. The Morgan fingerprint density at radius 3 is 2.64 bits per heavy atom. The number of aliphatic hydroxyl groups excluding tert-OH is 1. The molecule has 1 aliphatic heterocycles. The second kappa shape index (κ2) is 9.01.